The van der Waals surface area contributed by atoms with Crippen LogP contribution in [0.25, 0.3) is 0 Å². The summed E-state index contributed by atoms with van der Waals surface area (Å²) >= 11 is 0. The predicted octanol–water partition coefficient (Wildman–Crippen LogP) is 2.20. The largest absolute Gasteiger partial charge is 0.429 e. The van der Waals surface area contributed by atoms with Crippen molar-refractivity contribution in [3.63, 3.8) is 0 Å². The van der Waals surface area contributed by atoms with Gasteiger partial charge >= 0.3 is 0 Å². The molecule has 0 amide bonds. The summed E-state index contributed by atoms with van der Waals surface area (Å²) in [6.45, 7) is 1.94. The number of hydrogen-bond acceptors (Lipinski definition) is 4. The summed E-state index contributed by atoms with van der Waals surface area (Å²) in [6, 6.07) is 4.63. The lowest BCUT2D eigenvalue weighted by Gasteiger charge is -1.98. The van der Waals surface area contributed by atoms with Gasteiger partial charge in [0, 0.05) is 19.4 Å². The molecule has 0 bridgehead atoms. The zero-order chi connectivity index (χ0) is 11.4. The minimum atomic E-state index is 0.585. The van der Waals surface area contributed by atoms with Crippen molar-refractivity contribution >= 4 is 6.01 Å². The number of oxazole rings is 1. The van der Waals surface area contributed by atoms with Crippen LogP contribution >= 0.6 is 0 Å². The van der Waals surface area contributed by atoms with E-state index < -0.39 is 0 Å². The topological polar surface area (TPSA) is 51.0 Å². The number of nitrogens with zero attached hydrogens (tertiary/aromatic N) is 2. The molecule has 1 N–H and O–H groups in total. The Morgan fingerprint density at radius 1 is 1.25 bits per heavy atom. The van der Waals surface area contributed by atoms with E-state index in [1.807, 2.05) is 31.5 Å². The zero-order valence-corrected chi connectivity index (χ0v) is 9.53. The van der Waals surface area contributed by atoms with E-state index >= 15 is 0 Å². The number of nitrogens with one attached hydrogen (secondary N) is 1. The van der Waals surface area contributed by atoms with Crippen molar-refractivity contribution < 1.29 is 4.42 Å². The minimum Gasteiger partial charge on any atom is -0.429 e. The summed E-state index contributed by atoms with van der Waals surface area (Å²) in [5.41, 5.74) is 2.28. The van der Waals surface area contributed by atoms with Gasteiger partial charge in [-0.2, -0.15) is 4.98 Å². The quantitative estimate of drug-likeness (QED) is 0.853. The van der Waals surface area contributed by atoms with Crippen LogP contribution in [-0.2, 0) is 12.8 Å². The Morgan fingerprint density at radius 3 is 2.62 bits per heavy atom. The highest BCUT2D eigenvalue weighted by atomic mass is 16.4. The van der Waals surface area contributed by atoms with Gasteiger partial charge in [-0.15, -0.1) is 0 Å². The average molecular weight is 217 g/mol. The van der Waals surface area contributed by atoms with E-state index in [4.69, 9.17) is 4.42 Å². The van der Waals surface area contributed by atoms with Crippen molar-refractivity contribution in [3.8, 4) is 0 Å². The van der Waals surface area contributed by atoms with Crippen LogP contribution in [0.4, 0.5) is 6.01 Å². The molecular formula is C12H15N3O. The van der Waals surface area contributed by atoms with E-state index in [1.165, 1.54) is 5.56 Å². The van der Waals surface area contributed by atoms with Gasteiger partial charge < -0.3 is 9.73 Å². The van der Waals surface area contributed by atoms with Crippen LogP contribution in [0.2, 0.25) is 0 Å². The number of anilines is 1. The van der Waals surface area contributed by atoms with Gasteiger partial charge in [-0.25, -0.2) is 0 Å². The standard InChI is InChI=1S/C12H15N3O/c1-9-11(15-12(13-2)16-9)4-3-10-5-7-14-8-6-10/h5-8H,3-4H2,1-2H3,(H,13,15). The Hall–Kier alpha value is -1.84. The summed E-state index contributed by atoms with van der Waals surface area (Å²) in [5.74, 6) is 0.887. The summed E-state index contributed by atoms with van der Waals surface area (Å²) in [4.78, 5) is 8.34. The van der Waals surface area contributed by atoms with Crippen LogP contribution in [0.1, 0.15) is 17.0 Å². The Bertz CT molecular complexity index is 451. The second-order valence-electron chi connectivity index (χ2n) is 3.63. The molecular weight excluding hydrogens is 202 g/mol. The van der Waals surface area contributed by atoms with Gasteiger partial charge in [-0.3, -0.25) is 4.98 Å². The molecule has 0 atom stereocenters. The maximum absolute atomic E-state index is 5.42. The maximum atomic E-state index is 5.42. The Balaban J connectivity index is 2.02. The minimum absolute atomic E-state index is 0.585. The van der Waals surface area contributed by atoms with Crippen LogP contribution in [0.15, 0.2) is 28.9 Å². The molecule has 0 saturated carbocycles. The number of rotatable bonds is 4. The van der Waals surface area contributed by atoms with Crippen molar-refractivity contribution in [1.82, 2.24) is 9.97 Å². The van der Waals surface area contributed by atoms with Crippen molar-refractivity contribution in [2.75, 3.05) is 12.4 Å². The fourth-order valence-electron chi connectivity index (χ4n) is 1.58. The molecule has 0 aliphatic heterocycles. The molecule has 2 rings (SSSR count). The first kappa shape index (κ1) is 10.7. The molecule has 2 aromatic heterocycles. The first-order valence-electron chi connectivity index (χ1n) is 5.32. The molecule has 0 aromatic carbocycles. The zero-order valence-electron chi connectivity index (χ0n) is 9.53. The third kappa shape index (κ3) is 2.39. The predicted molar refractivity (Wildman–Crippen MR) is 62.4 cm³/mol. The summed E-state index contributed by atoms with van der Waals surface area (Å²) in [7, 11) is 1.80. The highest BCUT2D eigenvalue weighted by Crippen LogP contribution is 2.15. The average Bonchev–Trinajstić information content (AvgIpc) is 2.69. The van der Waals surface area contributed by atoms with Crippen LogP contribution in [0.3, 0.4) is 0 Å². The van der Waals surface area contributed by atoms with E-state index in [0.29, 0.717) is 6.01 Å². The maximum Gasteiger partial charge on any atom is 0.294 e. The van der Waals surface area contributed by atoms with E-state index in [2.05, 4.69) is 15.3 Å². The molecule has 84 valence electrons. The number of hydrogen-bond donors (Lipinski definition) is 1. The molecule has 0 saturated heterocycles. The molecule has 16 heavy (non-hydrogen) atoms. The Kier molecular flexibility index (Phi) is 3.19. The number of pyridine rings is 1. The van der Waals surface area contributed by atoms with Gasteiger partial charge in [0.15, 0.2) is 0 Å². The third-order valence-electron chi connectivity index (χ3n) is 2.51. The molecule has 0 radical (unpaired) electrons. The first-order chi connectivity index (χ1) is 7.79. The van der Waals surface area contributed by atoms with Gasteiger partial charge in [-0.05, 0) is 37.5 Å². The Labute approximate surface area is 94.7 Å². The first-order valence-corrected chi connectivity index (χ1v) is 5.32. The highest BCUT2D eigenvalue weighted by molar-refractivity contribution is 5.25. The molecule has 4 nitrogen and oxygen atoms in total. The lowest BCUT2D eigenvalue weighted by Crippen LogP contribution is -1.94. The van der Waals surface area contributed by atoms with E-state index in [0.717, 1.165) is 24.3 Å². The summed E-state index contributed by atoms with van der Waals surface area (Å²) in [5, 5.41) is 2.90. The second-order valence-corrected chi connectivity index (χ2v) is 3.63. The van der Waals surface area contributed by atoms with Crippen molar-refractivity contribution in [1.29, 1.82) is 0 Å². The molecule has 4 heteroatoms. The van der Waals surface area contributed by atoms with E-state index in [-0.39, 0.29) is 0 Å². The molecule has 2 aromatic rings. The molecule has 2 heterocycles. The van der Waals surface area contributed by atoms with Gasteiger partial charge in [0.25, 0.3) is 6.01 Å². The fraction of sp³-hybridized carbons (Fsp3) is 0.333. The molecule has 0 unspecified atom stereocenters. The van der Waals surface area contributed by atoms with Gasteiger partial charge in [0.1, 0.15) is 5.76 Å². The summed E-state index contributed by atoms with van der Waals surface area (Å²) in [6.07, 6.45) is 5.47. The van der Waals surface area contributed by atoms with Crippen LogP contribution in [-0.4, -0.2) is 17.0 Å². The van der Waals surface area contributed by atoms with Gasteiger partial charge in [-0.1, -0.05) is 0 Å². The second kappa shape index (κ2) is 4.79. The van der Waals surface area contributed by atoms with E-state index in [1.54, 1.807) is 7.05 Å². The van der Waals surface area contributed by atoms with Crippen LogP contribution < -0.4 is 5.32 Å². The summed E-state index contributed by atoms with van der Waals surface area (Å²) < 4.78 is 5.42. The van der Waals surface area contributed by atoms with Gasteiger partial charge in [0.2, 0.25) is 0 Å². The lowest BCUT2D eigenvalue weighted by atomic mass is 10.1. The molecule has 0 aliphatic carbocycles. The normalized spacial score (nSPS) is 10.4. The smallest absolute Gasteiger partial charge is 0.294 e. The SMILES string of the molecule is CNc1nc(CCc2ccncc2)c(C)o1. The monoisotopic (exact) mass is 217 g/mol. The lowest BCUT2D eigenvalue weighted by molar-refractivity contribution is 0.540. The molecule has 0 fully saturated rings. The number of aromatic nitrogens is 2. The number of aryl methyl sites for hydroxylation is 3. The van der Waals surface area contributed by atoms with Crippen molar-refractivity contribution in [2.24, 2.45) is 0 Å². The fourth-order valence-corrected chi connectivity index (χ4v) is 1.58. The van der Waals surface area contributed by atoms with Gasteiger partial charge in [0.05, 0.1) is 5.69 Å². The molecule has 0 aliphatic rings. The van der Waals surface area contributed by atoms with Crippen molar-refractivity contribution in [2.45, 2.75) is 19.8 Å². The van der Waals surface area contributed by atoms with Crippen molar-refractivity contribution in [3.05, 3.63) is 41.5 Å². The highest BCUT2D eigenvalue weighted by Gasteiger charge is 2.07. The van der Waals surface area contributed by atoms with Crippen LogP contribution in [0, 0.1) is 6.92 Å². The van der Waals surface area contributed by atoms with Crippen LogP contribution in [0.5, 0.6) is 0 Å². The van der Waals surface area contributed by atoms with E-state index in [9.17, 15) is 0 Å². The molecule has 0 spiro atoms. The third-order valence-corrected chi connectivity index (χ3v) is 2.51. The Morgan fingerprint density at radius 2 is 2.00 bits per heavy atom.